The van der Waals surface area contributed by atoms with E-state index in [1.165, 1.54) is 11.8 Å². The molecule has 2 heterocycles. The summed E-state index contributed by atoms with van der Waals surface area (Å²) in [6.07, 6.45) is 0.629. The number of allylic oxidation sites excluding steroid dienone is 1. The second kappa shape index (κ2) is 5.04. The number of fused-ring (bicyclic) bond motifs is 2. The number of nitrogens with one attached hydrogen (secondary N) is 1. The van der Waals surface area contributed by atoms with Gasteiger partial charge in [-0.3, -0.25) is 19.3 Å². The van der Waals surface area contributed by atoms with Crippen LogP contribution >= 0.6 is 11.8 Å². The van der Waals surface area contributed by atoms with Crippen molar-refractivity contribution in [1.29, 1.82) is 0 Å². The summed E-state index contributed by atoms with van der Waals surface area (Å²) in [4.78, 5) is 52.2. The van der Waals surface area contributed by atoms with Gasteiger partial charge in [-0.15, -0.1) is 11.8 Å². The largest absolute Gasteiger partial charge is 0.325 e. The highest BCUT2D eigenvalue weighted by atomic mass is 32.2. The lowest BCUT2D eigenvalue weighted by atomic mass is 9.79. The lowest BCUT2D eigenvalue weighted by Gasteiger charge is -2.25. The van der Waals surface area contributed by atoms with Gasteiger partial charge in [0.15, 0.2) is 11.3 Å². The summed E-state index contributed by atoms with van der Waals surface area (Å²) < 4.78 is 0. The van der Waals surface area contributed by atoms with Crippen molar-refractivity contribution in [2.45, 2.75) is 18.9 Å². The molecule has 1 unspecified atom stereocenters. The summed E-state index contributed by atoms with van der Waals surface area (Å²) in [6, 6.07) is 6.08. The third kappa shape index (κ3) is 1.73. The molecule has 0 radical (unpaired) electrons. The first-order valence-electron chi connectivity index (χ1n) is 7.71. The van der Waals surface area contributed by atoms with Gasteiger partial charge in [-0.1, -0.05) is 31.2 Å². The number of urea groups is 1. The first kappa shape index (κ1) is 15.1. The highest BCUT2D eigenvalue weighted by molar-refractivity contribution is 8.04. The van der Waals surface area contributed by atoms with E-state index in [2.05, 4.69) is 5.32 Å². The van der Waals surface area contributed by atoms with Crippen LogP contribution in [-0.2, 0) is 4.79 Å². The van der Waals surface area contributed by atoms with E-state index in [4.69, 9.17) is 0 Å². The second-order valence-electron chi connectivity index (χ2n) is 5.99. The molecule has 0 bridgehead atoms. The fraction of sp³-hybridized carbons (Fsp3) is 0.294. The van der Waals surface area contributed by atoms with E-state index in [1.807, 2.05) is 6.92 Å². The molecule has 3 amide bonds. The van der Waals surface area contributed by atoms with Gasteiger partial charge < -0.3 is 5.32 Å². The fourth-order valence-electron chi connectivity index (χ4n) is 3.45. The van der Waals surface area contributed by atoms with E-state index in [0.29, 0.717) is 24.1 Å². The molecule has 1 aliphatic carbocycles. The Hall–Kier alpha value is -2.41. The van der Waals surface area contributed by atoms with Crippen LogP contribution in [0.15, 0.2) is 34.7 Å². The molecule has 1 fully saturated rings. The number of hydrogen-bond acceptors (Lipinski definition) is 5. The predicted octanol–water partition coefficient (Wildman–Crippen LogP) is 1.77. The zero-order chi connectivity index (χ0) is 17.1. The van der Waals surface area contributed by atoms with Gasteiger partial charge >= 0.3 is 6.03 Å². The van der Waals surface area contributed by atoms with Crippen molar-refractivity contribution in [2.75, 3.05) is 12.3 Å². The number of amides is 3. The van der Waals surface area contributed by atoms with Gasteiger partial charge in [0.2, 0.25) is 5.78 Å². The molecule has 122 valence electrons. The molecule has 24 heavy (non-hydrogen) atoms. The molecule has 0 saturated carbocycles. The van der Waals surface area contributed by atoms with E-state index in [9.17, 15) is 19.2 Å². The van der Waals surface area contributed by atoms with Gasteiger partial charge in [-0.2, -0.15) is 0 Å². The maximum absolute atomic E-state index is 13.0. The van der Waals surface area contributed by atoms with E-state index in [-0.39, 0.29) is 27.8 Å². The van der Waals surface area contributed by atoms with E-state index < -0.39 is 17.5 Å². The Bertz CT molecular complexity index is 860. The molecule has 7 heteroatoms. The van der Waals surface area contributed by atoms with Crippen LogP contribution in [-0.4, -0.2) is 46.2 Å². The lowest BCUT2D eigenvalue weighted by Crippen LogP contribution is -2.52. The predicted molar refractivity (Wildman–Crippen MR) is 87.9 cm³/mol. The highest BCUT2D eigenvalue weighted by Crippen LogP contribution is 2.47. The number of thioether (sulfide) groups is 1. The van der Waals surface area contributed by atoms with Gasteiger partial charge in [0, 0.05) is 23.4 Å². The van der Waals surface area contributed by atoms with Crippen molar-refractivity contribution in [3.8, 4) is 0 Å². The van der Waals surface area contributed by atoms with Crippen LogP contribution in [0.2, 0.25) is 0 Å². The van der Waals surface area contributed by atoms with E-state index in [0.717, 1.165) is 4.90 Å². The van der Waals surface area contributed by atoms with Crippen molar-refractivity contribution in [2.24, 2.45) is 0 Å². The number of nitrogens with zero attached hydrogens (tertiary/aromatic N) is 1. The quantitative estimate of drug-likeness (QED) is 0.828. The van der Waals surface area contributed by atoms with Crippen molar-refractivity contribution >= 4 is 35.3 Å². The number of carbonyl (C=O) groups is 4. The number of imide groups is 1. The van der Waals surface area contributed by atoms with Crippen LogP contribution in [0, 0.1) is 0 Å². The van der Waals surface area contributed by atoms with E-state index >= 15 is 0 Å². The van der Waals surface area contributed by atoms with Crippen LogP contribution in [0.5, 0.6) is 0 Å². The second-order valence-corrected chi connectivity index (χ2v) is 6.97. The smallest absolute Gasteiger partial charge is 0.318 e. The zero-order valence-electron chi connectivity index (χ0n) is 12.9. The third-order valence-corrected chi connectivity index (χ3v) is 5.81. The topological polar surface area (TPSA) is 83.6 Å². The number of Topliss-reactive ketones (excluding diaryl/α,β-unsaturated/α-hetero) is 2. The van der Waals surface area contributed by atoms with Crippen molar-refractivity contribution in [1.82, 2.24) is 10.2 Å². The summed E-state index contributed by atoms with van der Waals surface area (Å²) in [5.41, 5.74) is -0.632. The summed E-state index contributed by atoms with van der Waals surface area (Å²) in [5.74, 6) is -0.865. The molecule has 1 atom stereocenters. The first-order valence-corrected chi connectivity index (χ1v) is 8.70. The number of hydrogen-bond donors (Lipinski definition) is 1. The summed E-state index contributed by atoms with van der Waals surface area (Å²) in [6.45, 7) is 2.16. The Labute approximate surface area is 142 Å². The Balaban J connectivity index is 1.86. The van der Waals surface area contributed by atoms with Gasteiger partial charge in [0.1, 0.15) is 0 Å². The Morgan fingerprint density at radius 1 is 1.12 bits per heavy atom. The van der Waals surface area contributed by atoms with Gasteiger partial charge in [0.05, 0.1) is 10.5 Å². The van der Waals surface area contributed by atoms with Crippen LogP contribution in [0.3, 0.4) is 0 Å². The normalized spacial score (nSPS) is 25.5. The Kier molecular flexibility index (Phi) is 3.18. The SMILES string of the molecule is CCCN1C(=O)NC2(CSC3=C2C(=O)c2ccccc2C3=O)C1=O. The highest BCUT2D eigenvalue weighted by Gasteiger charge is 2.60. The Morgan fingerprint density at radius 3 is 2.46 bits per heavy atom. The van der Waals surface area contributed by atoms with Crippen LogP contribution in [0.25, 0.3) is 0 Å². The van der Waals surface area contributed by atoms with Crippen LogP contribution in [0.4, 0.5) is 4.79 Å². The average molecular weight is 342 g/mol. The number of rotatable bonds is 2. The van der Waals surface area contributed by atoms with Crippen LogP contribution in [0.1, 0.15) is 34.1 Å². The van der Waals surface area contributed by atoms with Crippen molar-refractivity contribution in [3.05, 3.63) is 45.9 Å². The fourth-order valence-corrected chi connectivity index (χ4v) is 4.80. The average Bonchev–Trinajstić information content (AvgIpc) is 3.07. The Morgan fingerprint density at radius 2 is 1.79 bits per heavy atom. The standard InChI is InChI=1S/C17H14N2O4S/c1-2-7-19-15(22)17(18-16(19)23)8-24-14-11(17)12(20)9-5-3-4-6-10(9)13(14)21/h3-6H,2,7-8H2,1H3,(H,18,23). The summed E-state index contributed by atoms with van der Waals surface area (Å²) in [5, 5.41) is 2.68. The van der Waals surface area contributed by atoms with Gasteiger partial charge in [-0.25, -0.2) is 4.79 Å². The molecule has 1 aromatic rings. The molecule has 3 aliphatic rings. The van der Waals surface area contributed by atoms with Gasteiger partial charge in [-0.05, 0) is 6.42 Å². The maximum atomic E-state index is 13.0. The number of carbonyl (C=O) groups excluding carboxylic acids is 4. The van der Waals surface area contributed by atoms with Crippen molar-refractivity contribution in [3.63, 3.8) is 0 Å². The van der Waals surface area contributed by atoms with E-state index in [1.54, 1.807) is 24.3 Å². The summed E-state index contributed by atoms with van der Waals surface area (Å²) >= 11 is 1.17. The minimum Gasteiger partial charge on any atom is -0.318 e. The number of ketones is 2. The van der Waals surface area contributed by atoms with Crippen molar-refractivity contribution < 1.29 is 19.2 Å². The maximum Gasteiger partial charge on any atom is 0.325 e. The monoisotopic (exact) mass is 342 g/mol. The number of benzene rings is 1. The molecule has 1 spiro atoms. The molecule has 6 nitrogen and oxygen atoms in total. The first-order chi connectivity index (χ1) is 11.5. The summed E-state index contributed by atoms with van der Waals surface area (Å²) in [7, 11) is 0. The molecule has 0 aromatic heterocycles. The molecule has 1 saturated heterocycles. The minimum absolute atomic E-state index is 0.133. The zero-order valence-corrected chi connectivity index (χ0v) is 13.7. The molecule has 1 N–H and O–H groups in total. The third-order valence-electron chi connectivity index (χ3n) is 4.56. The van der Waals surface area contributed by atoms with Gasteiger partial charge in [0.25, 0.3) is 5.91 Å². The minimum atomic E-state index is -1.41. The molecule has 2 aliphatic heterocycles. The molecular weight excluding hydrogens is 328 g/mol. The molecular formula is C17H14N2O4S. The van der Waals surface area contributed by atoms with Crippen LogP contribution < -0.4 is 5.32 Å². The molecule has 4 rings (SSSR count). The lowest BCUT2D eigenvalue weighted by molar-refractivity contribution is -0.129. The molecule has 1 aromatic carbocycles.